The Morgan fingerprint density at radius 1 is 0.905 bits per heavy atom. The Morgan fingerprint density at radius 2 is 1.52 bits per heavy atom. The summed E-state index contributed by atoms with van der Waals surface area (Å²) in [6.45, 7) is 2.76. The summed E-state index contributed by atoms with van der Waals surface area (Å²) in [6.07, 6.45) is -0.250. The molecule has 3 heteroatoms. The molecular weight excluding hydrogens is 262 g/mol. The summed E-state index contributed by atoms with van der Waals surface area (Å²) in [5.74, 6) is 0. The number of ether oxygens (including phenoxy) is 2. The summed E-state index contributed by atoms with van der Waals surface area (Å²) in [4.78, 5) is 0. The van der Waals surface area contributed by atoms with Crippen molar-refractivity contribution < 1.29 is 9.47 Å². The van der Waals surface area contributed by atoms with E-state index in [1.807, 2.05) is 6.07 Å². The van der Waals surface area contributed by atoms with E-state index in [0.717, 1.165) is 0 Å². The second-order valence-corrected chi connectivity index (χ2v) is 5.01. The van der Waals surface area contributed by atoms with E-state index in [4.69, 9.17) is 9.47 Å². The van der Waals surface area contributed by atoms with Crippen LogP contribution < -0.4 is 5.32 Å². The Morgan fingerprint density at radius 3 is 2.14 bits per heavy atom. The van der Waals surface area contributed by atoms with Crippen molar-refractivity contribution in [2.75, 3.05) is 20.8 Å². The number of hydrogen-bond acceptors (Lipinski definition) is 3. The van der Waals surface area contributed by atoms with Gasteiger partial charge in [-0.1, -0.05) is 54.6 Å². The van der Waals surface area contributed by atoms with E-state index < -0.39 is 0 Å². The molecule has 2 rings (SSSR count). The van der Waals surface area contributed by atoms with Crippen molar-refractivity contribution in [3.05, 3.63) is 71.3 Å². The van der Waals surface area contributed by atoms with Gasteiger partial charge in [-0.2, -0.15) is 0 Å². The van der Waals surface area contributed by atoms with Crippen LogP contribution in [0.25, 0.3) is 0 Å². The lowest BCUT2D eigenvalue weighted by Gasteiger charge is -2.24. The van der Waals surface area contributed by atoms with Crippen LogP contribution in [0.4, 0.5) is 0 Å². The van der Waals surface area contributed by atoms with Crippen LogP contribution in [-0.2, 0) is 9.47 Å². The van der Waals surface area contributed by atoms with Crippen molar-refractivity contribution in [1.82, 2.24) is 5.32 Å². The molecule has 0 aliphatic rings. The molecule has 3 nitrogen and oxygen atoms in total. The lowest BCUT2D eigenvalue weighted by Crippen LogP contribution is -2.33. The maximum Gasteiger partial charge on any atom is 0.169 e. The maximum absolute atomic E-state index is 5.27. The first kappa shape index (κ1) is 15.7. The molecular formula is C18H23NO2. The van der Waals surface area contributed by atoms with Crippen LogP contribution in [0.2, 0.25) is 0 Å². The minimum Gasteiger partial charge on any atom is -0.355 e. The molecule has 21 heavy (non-hydrogen) atoms. The van der Waals surface area contributed by atoms with Gasteiger partial charge in [-0.05, 0) is 23.6 Å². The Bertz CT molecular complexity index is 538. The highest BCUT2D eigenvalue weighted by atomic mass is 16.7. The van der Waals surface area contributed by atoms with Gasteiger partial charge in [0.15, 0.2) is 6.29 Å². The topological polar surface area (TPSA) is 30.5 Å². The molecule has 0 heterocycles. The van der Waals surface area contributed by atoms with Gasteiger partial charge in [0.1, 0.15) is 0 Å². The molecule has 112 valence electrons. The highest BCUT2D eigenvalue weighted by Crippen LogP contribution is 2.24. The Labute approximate surface area is 126 Å². The van der Waals surface area contributed by atoms with Gasteiger partial charge in [-0.3, -0.25) is 0 Å². The van der Waals surface area contributed by atoms with E-state index in [1.54, 1.807) is 14.2 Å². The first-order chi connectivity index (χ1) is 10.3. The van der Waals surface area contributed by atoms with E-state index in [2.05, 4.69) is 60.8 Å². The molecule has 0 bridgehead atoms. The van der Waals surface area contributed by atoms with Crippen LogP contribution in [0.5, 0.6) is 0 Å². The van der Waals surface area contributed by atoms with E-state index in [9.17, 15) is 0 Å². The Kier molecular flexibility index (Phi) is 5.93. The lowest BCUT2D eigenvalue weighted by molar-refractivity contribution is -0.0995. The molecule has 2 aromatic carbocycles. The third kappa shape index (κ3) is 4.14. The molecule has 1 unspecified atom stereocenters. The highest BCUT2D eigenvalue weighted by molar-refractivity contribution is 5.36. The van der Waals surface area contributed by atoms with Crippen LogP contribution in [0.3, 0.4) is 0 Å². The SMILES string of the molecule is COC(CNC(c1ccccc1)c1ccccc1C)OC. The maximum atomic E-state index is 5.27. The molecule has 0 amide bonds. The molecule has 0 fully saturated rings. The van der Waals surface area contributed by atoms with Crippen molar-refractivity contribution in [1.29, 1.82) is 0 Å². The fourth-order valence-electron chi connectivity index (χ4n) is 2.44. The summed E-state index contributed by atoms with van der Waals surface area (Å²) in [5, 5.41) is 3.55. The summed E-state index contributed by atoms with van der Waals surface area (Å²) < 4.78 is 10.5. The van der Waals surface area contributed by atoms with Crippen molar-refractivity contribution in [3.8, 4) is 0 Å². The zero-order chi connectivity index (χ0) is 15.1. The van der Waals surface area contributed by atoms with Crippen LogP contribution in [0.1, 0.15) is 22.7 Å². The molecule has 0 saturated heterocycles. The number of nitrogens with one attached hydrogen (secondary N) is 1. The van der Waals surface area contributed by atoms with Gasteiger partial charge in [0.05, 0.1) is 6.04 Å². The zero-order valence-corrected chi connectivity index (χ0v) is 12.9. The van der Waals surface area contributed by atoms with Crippen molar-refractivity contribution in [2.45, 2.75) is 19.3 Å². The van der Waals surface area contributed by atoms with Crippen molar-refractivity contribution in [2.24, 2.45) is 0 Å². The minimum atomic E-state index is -0.250. The third-order valence-corrected chi connectivity index (χ3v) is 3.65. The van der Waals surface area contributed by atoms with E-state index in [1.165, 1.54) is 16.7 Å². The van der Waals surface area contributed by atoms with E-state index in [-0.39, 0.29) is 12.3 Å². The first-order valence-corrected chi connectivity index (χ1v) is 7.15. The Balaban J connectivity index is 2.25. The standard InChI is InChI=1S/C18H23NO2/c1-14-9-7-8-12-16(14)18(15-10-5-4-6-11-15)19-13-17(20-2)21-3/h4-12,17-19H,13H2,1-3H3. The molecule has 0 radical (unpaired) electrons. The quantitative estimate of drug-likeness (QED) is 0.792. The first-order valence-electron chi connectivity index (χ1n) is 7.15. The molecule has 2 aromatic rings. The molecule has 0 spiro atoms. The Hall–Kier alpha value is -1.68. The predicted molar refractivity (Wildman–Crippen MR) is 85.3 cm³/mol. The van der Waals surface area contributed by atoms with E-state index in [0.29, 0.717) is 6.54 Å². The van der Waals surface area contributed by atoms with Crippen molar-refractivity contribution >= 4 is 0 Å². The molecule has 0 aliphatic carbocycles. The smallest absolute Gasteiger partial charge is 0.169 e. The molecule has 1 atom stereocenters. The van der Waals surface area contributed by atoms with Gasteiger partial charge in [0, 0.05) is 20.8 Å². The largest absolute Gasteiger partial charge is 0.355 e. The number of hydrogen-bond donors (Lipinski definition) is 1. The lowest BCUT2D eigenvalue weighted by atomic mass is 9.95. The number of methoxy groups -OCH3 is 2. The van der Waals surface area contributed by atoms with Crippen molar-refractivity contribution in [3.63, 3.8) is 0 Å². The van der Waals surface area contributed by atoms with Crippen LogP contribution in [-0.4, -0.2) is 27.1 Å². The average Bonchev–Trinajstić information content (AvgIpc) is 2.54. The highest BCUT2D eigenvalue weighted by Gasteiger charge is 2.17. The van der Waals surface area contributed by atoms with Gasteiger partial charge < -0.3 is 14.8 Å². The summed E-state index contributed by atoms with van der Waals surface area (Å²) in [7, 11) is 3.31. The molecule has 1 N–H and O–H groups in total. The molecule has 0 saturated carbocycles. The monoisotopic (exact) mass is 285 g/mol. The second kappa shape index (κ2) is 7.93. The molecule has 0 aliphatic heterocycles. The number of rotatable bonds is 7. The number of aryl methyl sites for hydroxylation is 1. The predicted octanol–water partition coefficient (Wildman–Crippen LogP) is 3.29. The van der Waals surface area contributed by atoms with Gasteiger partial charge in [-0.15, -0.1) is 0 Å². The normalized spacial score (nSPS) is 12.6. The zero-order valence-electron chi connectivity index (χ0n) is 12.9. The second-order valence-electron chi connectivity index (χ2n) is 5.01. The van der Waals surface area contributed by atoms with Gasteiger partial charge >= 0.3 is 0 Å². The molecule has 0 aromatic heterocycles. The summed E-state index contributed by atoms with van der Waals surface area (Å²) in [6, 6.07) is 19.0. The van der Waals surface area contributed by atoms with Gasteiger partial charge in [-0.25, -0.2) is 0 Å². The van der Waals surface area contributed by atoms with Crippen LogP contribution in [0.15, 0.2) is 54.6 Å². The minimum absolute atomic E-state index is 0.125. The summed E-state index contributed by atoms with van der Waals surface area (Å²) in [5.41, 5.74) is 3.78. The fourth-order valence-corrected chi connectivity index (χ4v) is 2.44. The van der Waals surface area contributed by atoms with Gasteiger partial charge in [0.2, 0.25) is 0 Å². The van der Waals surface area contributed by atoms with Gasteiger partial charge in [0.25, 0.3) is 0 Å². The van der Waals surface area contributed by atoms with Crippen LogP contribution in [0, 0.1) is 6.92 Å². The average molecular weight is 285 g/mol. The number of benzene rings is 2. The summed E-state index contributed by atoms with van der Waals surface area (Å²) >= 11 is 0. The van der Waals surface area contributed by atoms with E-state index >= 15 is 0 Å². The van der Waals surface area contributed by atoms with Crippen LogP contribution >= 0.6 is 0 Å². The fraction of sp³-hybridized carbons (Fsp3) is 0.333. The third-order valence-electron chi connectivity index (χ3n) is 3.65.